The molecule has 134 valence electrons. The van der Waals surface area contributed by atoms with Gasteiger partial charge in [-0.05, 0) is 43.0 Å². The maximum absolute atomic E-state index is 12.7. The van der Waals surface area contributed by atoms with Crippen molar-refractivity contribution in [3.63, 3.8) is 0 Å². The third-order valence-electron chi connectivity index (χ3n) is 5.18. The number of aromatic amines is 1. The number of anilines is 1. The molecular weight excluding hydrogens is 324 g/mol. The molecule has 1 amide bonds. The van der Waals surface area contributed by atoms with Gasteiger partial charge in [0, 0.05) is 19.6 Å². The minimum absolute atomic E-state index is 0.000908. The molecule has 2 heterocycles. The van der Waals surface area contributed by atoms with E-state index in [1.807, 2.05) is 36.4 Å². The number of para-hydroxylation sites is 2. The van der Waals surface area contributed by atoms with Gasteiger partial charge in [-0.1, -0.05) is 36.4 Å². The molecule has 1 atom stereocenters. The van der Waals surface area contributed by atoms with Crippen LogP contribution in [0, 0.1) is 12.8 Å². The van der Waals surface area contributed by atoms with Gasteiger partial charge in [0.05, 0.1) is 17.0 Å². The molecule has 2 N–H and O–H groups in total. The second kappa shape index (κ2) is 7.20. The number of nitrogens with one attached hydrogen (secondary N) is 2. The highest BCUT2D eigenvalue weighted by Gasteiger charge is 2.27. The first-order chi connectivity index (χ1) is 12.7. The predicted octanol–water partition coefficient (Wildman–Crippen LogP) is 3.40. The van der Waals surface area contributed by atoms with E-state index >= 15 is 0 Å². The third kappa shape index (κ3) is 3.43. The summed E-state index contributed by atoms with van der Waals surface area (Å²) in [7, 11) is 0. The molecule has 2 aromatic carbocycles. The summed E-state index contributed by atoms with van der Waals surface area (Å²) in [6.45, 7) is 4.30. The summed E-state index contributed by atoms with van der Waals surface area (Å²) >= 11 is 0. The molecule has 0 spiro atoms. The van der Waals surface area contributed by atoms with Crippen molar-refractivity contribution in [2.24, 2.45) is 5.92 Å². The fraction of sp³-hybridized carbons (Fsp3) is 0.333. The van der Waals surface area contributed by atoms with Crippen LogP contribution in [0.25, 0.3) is 11.0 Å². The van der Waals surface area contributed by atoms with Crippen LogP contribution in [0.5, 0.6) is 0 Å². The van der Waals surface area contributed by atoms with E-state index in [1.54, 1.807) is 0 Å². The summed E-state index contributed by atoms with van der Waals surface area (Å²) in [6, 6.07) is 16.2. The van der Waals surface area contributed by atoms with E-state index in [1.165, 1.54) is 11.1 Å². The van der Waals surface area contributed by atoms with Gasteiger partial charge in [0.15, 0.2) is 0 Å². The highest BCUT2D eigenvalue weighted by molar-refractivity contribution is 5.80. The highest BCUT2D eigenvalue weighted by atomic mass is 16.1. The van der Waals surface area contributed by atoms with Crippen molar-refractivity contribution in [2.45, 2.75) is 26.3 Å². The lowest BCUT2D eigenvalue weighted by molar-refractivity contribution is -0.125. The molecule has 1 aliphatic heterocycles. The highest BCUT2D eigenvalue weighted by Crippen LogP contribution is 2.23. The Hall–Kier alpha value is -2.82. The van der Waals surface area contributed by atoms with Gasteiger partial charge in [-0.15, -0.1) is 0 Å². The van der Waals surface area contributed by atoms with Crippen molar-refractivity contribution >= 4 is 22.9 Å². The summed E-state index contributed by atoms with van der Waals surface area (Å²) in [5.74, 6) is 0.998. The van der Waals surface area contributed by atoms with Crippen molar-refractivity contribution in [2.75, 3.05) is 18.0 Å². The van der Waals surface area contributed by atoms with E-state index in [2.05, 4.69) is 39.2 Å². The first-order valence-corrected chi connectivity index (χ1v) is 9.22. The number of benzene rings is 2. The number of rotatable bonds is 4. The summed E-state index contributed by atoms with van der Waals surface area (Å²) in [4.78, 5) is 22.9. The molecule has 1 aliphatic rings. The van der Waals surface area contributed by atoms with E-state index in [0.717, 1.165) is 36.4 Å². The smallest absolute Gasteiger partial charge is 0.225 e. The quantitative estimate of drug-likeness (QED) is 0.760. The van der Waals surface area contributed by atoms with E-state index in [-0.39, 0.29) is 11.8 Å². The molecule has 5 nitrogen and oxygen atoms in total. The van der Waals surface area contributed by atoms with Gasteiger partial charge in [0.2, 0.25) is 11.9 Å². The van der Waals surface area contributed by atoms with Crippen LogP contribution in [0.4, 0.5) is 5.95 Å². The molecule has 1 unspecified atom stereocenters. The first-order valence-electron chi connectivity index (χ1n) is 9.22. The molecule has 1 aromatic heterocycles. The van der Waals surface area contributed by atoms with E-state index < -0.39 is 0 Å². The van der Waals surface area contributed by atoms with Crippen LogP contribution >= 0.6 is 0 Å². The van der Waals surface area contributed by atoms with Crippen LogP contribution in [0.3, 0.4) is 0 Å². The number of nitrogens with zero attached hydrogens (tertiary/aromatic N) is 2. The SMILES string of the molecule is Cc1ccccc1CNC(=O)C1CCCN(c2nc3ccccc3[nH]2)C1. The number of aromatic nitrogens is 2. The Morgan fingerprint density at radius 3 is 2.88 bits per heavy atom. The normalized spacial score (nSPS) is 17.4. The molecule has 0 radical (unpaired) electrons. The monoisotopic (exact) mass is 348 g/mol. The molecule has 4 rings (SSSR count). The number of aryl methyl sites for hydroxylation is 1. The second-order valence-corrected chi connectivity index (χ2v) is 7.01. The number of piperidine rings is 1. The minimum atomic E-state index is 0.000908. The lowest BCUT2D eigenvalue weighted by atomic mass is 9.97. The molecule has 5 heteroatoms. The number of imidazole rings is 1. The number of hydrogen-bond acceptors (Lipinski definition) is 3. The average molecular weight is 348 g/mol. The van der Waals surface area contributed by atoms with Crippen LogP contribution in [-0.4, -0.2) is 29.0 Å². The number of H-pyrrole nitrogens is 1. The summed E-state index contributed by atoms with van der Waals surface area (Å²) < 4.78 is 0. The van der Waals surface area contributed by atoms with Gasteiger partial charge in [0.25, 0.3) is 0 Å². The second-order valence-electron chi connectivity index (χ2n) is 7.01. The molecule has 0 aliphatic carbocycles. The van der Waals surface area contributed by atoms with Crippen LogP contribution < -0.4 is 10.2 Å². The molecule has 0 bridgehead atoms. The number of fused-ring (bicyclic) bond motifs is 1. The zero-order chi connectivity index (χ0) is 17.9. The van der Waals surface area contributed by atoms with Crippen LogP contribution in [0.2, 0.25) is 0 Å². The van der Waals surface area contributed by atoms with Crippen molar-refractivity contribution in [3.8, 4) is 0 Å². The lowest BCUT2D eigenvalue weighted by Crippen LogP contribution is -2.43. The Labute approximate surface area is 153 Å². The summed E-state index contributed by atoms with van der Waals surface area (Å²) in [5, 5.41) is 3.11. The molecule has 26 heavy (non-hydrogen) atoms. The van der Waals surface area contributed by atoms with E-state index in [0.29, 0.717) is 13.1 Å². The van der Waals surface area contributed by atoms with Crippen molar-refractivity contribution in [1.82, 2.24) is 15.3 Å². The fourth-order valence-electron chi connectivity index (χ4n) is 3.61. The van der Waals surface area contributed by atoms with Crippen LogP contribution in [0.1, 0.15) is 24.0 Å². The maximum Gasteiger partial charge on any atom is 0.225 e. The Morgan fingerprint density at radius 1 is 1.23 bits per heavy atom. The molecule has 0 saturated carbocycles. The van der Waals surface area contributed by atoms with Crippen LogP contribution in [0.15, 0.2) is 48.5 Å². The maximum atomic E-state index is 12.7. The Balaban J connectivity index is 1.41. The molecule has 1 saturated heterocycles. The van der Waals surface area contributed by atoms with Crippen LogP contribution in [-0.2, 0) is 11.3 Å². The minimum Gasteiger partial charge on any atom is -0.352 e. The first kappa shape index (κ1) is 16.6. The van der Waals surface area contributed by atoms with E-state index in [9.17, 15) is 4.79 Å². The lowest BCUT2D eigenvalue weighted by Gasteiger charge is -2.31. The number of hydrogen-bond donors (Lipinski definition) is 2. The van der Waals surface area contributed by atoms with Gasteiger partial charge in [-0.25, -0.2) is 4.98 Å². The van der Waals surface area contributed by atoms with Crippen molar-refractivity contribution in [1.29, 1.82) is 0 Å². The fourth-order valence-corrected chi connectivity index (χ4v) is 3.61. The number of carbonyl (C=O) groups excluding carboxylic acids is 1. The standard InChI is InChI=1S/C21H24N4O/c1-15-7-2-3-8-16(15)13-22-20(26)17-9-6-12-25(14-17)21-23-18-10-4-5-11-19(18)24-21/h2-5,7-8,10-11,17H,6,9,12-14H2,1H3,(H,22,26)(H,23,24). The largest absolute Gasteiger partial charge is 0.352 e. The van der Waals surface area contributed by atoms with Gasteiger partial charge in [-0.3, -0.25) is 4.79 Å². The zero-order valence-corrected chi connectivity index (χ0v) is 15.0. The summed E-state index contributed by atoms with van der Waals surface area (Å²) in [5.41, 5.74) is 4.38. The van der Waals surface area contributed by atoms with Gasteiger partial charge >= 0.3 is 0 Å². The predicted molar refractivity (Wildman–Crippen MR) is 104 cm³/mol. The Morgan fingerprint density at radius 2 is 2.04 bits per heavy atom. The number of amides is 1. The topological polar surface area (TPSA) is 61.0 Å². The molecular formula is C21H24N4O. The van der Waals surface area contributed by atoms with Crippen molar-refractivity contribution < 1.29 is 4.79 Å². The van der Waals surface area contributed by atoms with E-state index in [4.69, 9.17) is 0 Å². The van der Waals surface area contributed by atoms with Crippen molar-refractivity contribution in [3.05, 3.63) is 59.7 Å². The molecule has 3 aromatic rings. The molecule has 1 fully saturated rings. The van der Waals surface area contributed by atoms with Gasteiger partial charge < -0.3 is 15.2 Å². The van der Waals surface area contributed by atoms with Gasteiger partial charge in [0.1, 0.15) is 0 Å². The number of carbonyl (C=O) groups is 1. The Bertz CT molecular complexity index is 884. The Kier molecular flexibility index (Phi) is 4.61. The third-order valence-corrected chi connectivity index (χ3v) is 5.18. The summed E-state index contributed by atoms with van der Waals surface area (Å²) in [6.07, 6.45) is 1.93. The zero-order valence-electron chi connectivity index (χ0n) is 15.0. The van der Waals surface area contributed by atoms with Gasteiger partial charge in [-0.2, -0.15) is 0 Å². The average Bonchev–Trinajstić information content (AvgIpc) is 3.11.